The highest BCUT2D eigenvalue weighted by Crippen LogP contribution is 2.14. The number of likely N-dealkylation sites (tertiary alicyclic amines) is 1. The van der Waals surface area contributed by atoms with E-state index in [0.717, 1.165) is 19.6 Å². The van der Waals surface area contributed by atoms with Gasteiger partial charge in [0.1, 0.15) is 0 Å². The molecule has 2 atom stereocenters. The fourth-order valence-corrected chi connectivity index (χ4v) is 1.91. The maximum absolute atomic E-state index is 10.7. The minimum Gasteiger partial charge on any atom is -0.368 e. The summed E-state index contributed by atoms with van der Waals surface area (Å²) in [6.45, 7) is 7.05. The number of rotatable bonds is 6. The number of carbonyl (C=O) groups excluding carboxylic acids is 1. The van der Waals surface area contributed by atoms with Crippen LogP contribution in [0.25, 0.3) is 0 Å². The number of amides is 1. The molecule has 0 saturated carbocycles. The van der Waals surface area contributed by atoms with Gasteiger partial charge in [0, 0.05) is 13.1 Å². The third-order valence-electron chi connectivity index (χ3n) is 2.98. The van der Waals surface area contributed by atoms with Crippen molar-refractivity contribution in [3.8, 4) is 0 Å². The zero-order valence-corrected chi connectivity index (χ0v) is 9.41. The standard InChI is InChI=1S/C10H22N4O/c1-2-14-4-3-8(7-14)5-13-6-9(11)10(12)15/h8-9,13H,2-7,11H2,1H3,(H2,12,15). The van der Waals surface area contributed by atoms with Crippen molar-refractivity contribution in [1.29, 1.82) is 0 Å². The molecule has 1 amide bonds. The van der Waals surface area contributed by atoms with Crippen LogP contribution >= 0.6 is 0 Å². The number of hydrogen-bond acceptors (Lipinski definition) is 4. The summed E-state index contributed by atoms with van der Waals surface area (Å²) in [5.41, 5.74) is 10.6. The van der Waals surface area contributed by atoms with E-state index in [1.807, 2.05) is 0 Å². The molecule has 0 radical (unpaired) electrons. The van der Waals surface area contributed by atoms with Crippen molar-refractivity contribution in [2.45, 2.75) is 19.4 Å². The van der Waals surface area contributed by atoms with Gasteiger partial charge in [0.25, 0.3) is 0 Å². The third kappa shape index (κ3) is 4.15. The number of nitrogens with zero attached hydrogens (tertiary/aromatic N) is 1. The second kappa shape index (κ2) is 6.05. The van der Waals surface area contributed by atoms with Crippen molar-refractivity contribution in [3.63, 3.8) is 0 Å². The Morgan fingerprint density at radius 2 is 2.40 bits per heavy atom. The highest BCUT2D eigenvalue weighted by atomic mass is 16.1. The molecule has 88 valence electrons. The van der Waals surface area contributed by atoms with Gasteiger partial charge in [-0.05, 0) is 32.0 Å². The Balaban J connectivity index is 2.08. The van der Waals surface area contributed by atoms with Crippen molar-refractivity contribution in [3.05, 3.63) is 0 Å². The topological polar surface area (TPSA) is 84.4 Å². The van der Waals surface area contributed by atoms with Crippen LogP contribution in [0.2, 0.25) is 0 Å². The van der Waals surface area contributed by atoms with Gasteiger partial charge in [-0.15, -0.1) is 0 Å². The van der Waals surface area contributed by atoms with Crippen LogP contribution in [0.5, 0.6) is 0 Å². The van der Waals surface area contributed by atoms with Gasteiger partial charge in [-0.1, -0.05) is 6.92 Å². The summed E-state index contributed by atoms with van der Waals surface area (Å²) in [6, 6.07) is -0.561. The highest BCUT2D eigenvalue weighted by Gasteiger charge is 2.20. The second-order valence-corrected chi connectivity index (χ2v) is 4.22. The number of nitrogens with two attached hydrogens (primary N) is 2. The first kappa shape index (κ1) is 12.4. The summed E-state index contributed by atoms with van der Waals surface area (Å²) >= 11 is 0. The van der Waals surface area contributed by atoms with Crippen LogP contribution in [0.1, 0.15) is 13.3 Å². The Bertz CT molecular complexity index is 210. The van der Waals surface area contributed by atoms with Gasteiger partial charge in [0.15, 0.2) is 0 Å². The minimum absolute atomic E-state index is 0.441. The molecule has 1 rings (SSSR count). The molecule has 5 nitrogen and oxygen atoms in total. The molecule has 0 aromatic carbocycles. The average molecular weight is 214 g/mol. The Kier molecular flexibility index (Phi) is 5.01. The van der Waals surface area contributed by atoms with E-state index < -0.39 is 11.9 Å². The maximum Gasteiger partial charge on any atom is 0.235 e. The molecule has 5 heteroatoms. The van der Waals surface area contributed by atoms with E-state index in [2.05, 4.69) is 17.1 Å². The summed E-state index contributed by atoms with van der Waals surface area (Å²) in [5.74, 6) is 0.245. The quantitative estimate of drug-likeness (QED) is 0.515. The van der Waals surface area contributed by atoms with Crippen molar-refractivity contribution >= 4 is 5.91 Å². The first-order chi connectivity index (χ1) is 7.13. The summed E-state index contributed by atoms with van der Waals surface area (Å²) in [4.78, 5) is 13.1. The van der Waals surface area contributed by atoms with E-state index in [1.165, 1.54) is 13.0 Å². The molecule has 5 N–H and O–H groups in total. The smallest absolute Gasteiger partial charge is 0.235 e. The lowest BCUT2D eigenvalue weighted by Gasteiger charge is -2.14. The second-order valence-electron chi connectivity index (χ2n) is 4.22. The molecule has 1 aliphatic heterocycles. The summed E-state index contributed by atoms with van der Waals surface area (Å²) in [6.07, 6.45) is 1.23. The van der Waals surface area contributed by atoms with Gasteiger partial charge in [0.2, 0.25) is 5.91 Å². The van der Waals surface area contributed by atoms with E-state index in [4.69, 9.17) is 11.5 Å². The van der Waals surface area contributed by atoms with Crippen molar-refractivity contribution in [2.75, 3.05) is 32.7 Å². The zero-order valence-electron chi connectivity index (χ0n) is 9.41. The molecule has 0 spiro atoms. The van der Waals surface area contributed by atoms with Crippen LogP contribution < -0.4 is 16.8 Å². The van der Waals surface area contributed by atoms with Crippen LogP contribution in [0.3, 0.4) is 0 Å². The summed E-state index contributed by atoms with van der Waals surface area (Å²) < 4.78 is 0. The lowest BCUT2D eigenvalue weighted by molar-refractivity contribution is -0.119. The van der Waals surface area contributed by atoms with Gasteiger partial charge in [-0.2, -0.15) is 0 Å². The van der Waals surface area contributed by atoms with Crippen LogP contribution in [-0.4, -0.2) is 49.6 Å². The van der Waals surface area contributed by atoms with Crippen molar-refractivity contribution in [2.24, 2.45) is 17.4 Å². The zero-order chi connectivity index (χ0) is 11.3. The molecule has 0 aromatic rings. The lowest BCUT2D eigenvalue weighted by Crippen LogP contribution is -2.45. The average Bonchev–Trinajstić information content (AvgIpc) is 2.65. The van der Waals surface area contributed by atoms with Crippen LogP contribution in [-0.2, 0) is 4.79 Å². The van der Waals surface area contributed by atoms with Crippen molar-refractivity contribution in [1.82, 2.24) is 10.2 Å². The largest absolute Gasteiger partial charge is 0.368 e. The molecule has 15 heavy (non-hydrogen) atoms. The van der Waals surface area contributed by atoms with Gasteiger partial charge in [-0.25, -0.2) is 0 Å². The van der Waals surface area contributed by atoms with Crippen LogP contribution in [0.15, 0.2) is 0 Å². The summed E-state index contributed by atoms with van der Waals surface area (Å²) in [5, 5.41) is 3.20. The Morgan fingerprint density at radius 1 is 1.67 bits per heavy atom. The Labute approximate surface area is 91.2 Å². The Morgan fingerprint density at radius 3 is 2.93 bits per heavy atom. The van der Waals surface area contributed by atoms with Crippen molar-refractivity contribution < 1.29 is 4.79 Å². The molecule has 1 fully saturated rings. The fourth-order valence-electron chi connectivity index (χ4n) is 1.91. The molecular formula is C10H22N4O. The lowest BCUT2D eigenvalue weighted by atomic mass is 10.1. The molecule has 2 unspecified atom stereocenters. The molecule has 1 aliphatic rings. The minimum atomic E-state index is -0.561. The van der Waals surface area contributed by atoms with E-state index in [1.54, 1.807) is 0 Å². The van der Waals surface area contributed by atoms with Gasteiger partial charge in [-0.3, -0.25) is 4.79 Å². The summed E-state index contributed by atoms with van der Waals surface area (Å²) in [7, 11) is 0. The molecule has 0 bridgehead atoms. The normalized spacial score (nSPS) is 24.3. The fraction of sp³-hybridized carbons (Fsp3) is 0.900. The van der Waals surface area contributed by atoms with E-state index in [-0.39, 0.29) is 0 Å². The third-order valence-corrected chi connectivity index (χ3v) is 2.98. The van der Waals surface area contributed by atoms with E-state index >= 15 is 0 Å². The maximum atomic E-state index is 10.7. The molecule has 1 heterocycles. The SMILES string of the molecule is CCN1CCC(CNCC(N)C(N)=O)C1. The molecule has 1 saturated heterocycles. The molecule has 0 aromatic heterocycles. The molecular weight excluding hydrogens is 192 g/mol. The van der Waals surface area contributed by atoms with E-state index in [0.29, 0.717) is 12.5 Å². The number of hydrogen-bond donors (Lipinski definition) is 3. The number of nitrogens with one attached hydrogen (secondary N) is 1. The number of carbonyl (C=O) groups is 1. The Hall–Kier alpha value is -0.650. The predicted molar refractivity (Wildman–Crippen MR) is 60.3 cm³/mol. The van der Waals surface area contributed by atoms with Gasteiger partial charge in [0.05, 0.1) is 6.04 Å². The molecule has 0 aliphatic carbocycles. The highest BCUT2D eigenvalue weighted by molar-refractivity contribution is 5.79. The predicted octanol–water partition coefficient (Wildman–Crippen LogP) is -1.27. The van der Waals surface area contributed by atoms with Gasteiger partial charge < -0.3 is 21.7 Å². The van der Waals surface area contributed by atoms with Crippen LogP contribution in [0, 0.1) is 5.92 Å². The van der Waals surface area contributed by atoms with Gasteiger partial charge >= 0.3 is 0 Å². The monoisotopic (exact) mass is 214 g/mol. The first-order valence-electron chi connectivity index (χ1n) is 5.61. The van der Waals surface area contributed by atoms with Crippen LogP contribution in [0.4, 0.5) is 0 Å². The van der Waals surface area contributed by atoms with E-state index in [9.17, 15) is 4.79 Å². The number of primary amides is 1. The first-order valence-corrected chi connectivity index (χ1v) is 5.61.